The van der Waals surface area contributed by atoms with Gasteiger partial charge in [-0.2, -0.15) is 4.57 Å². The highest BCUT2D eigenvalue weighted by Crippen LogP contribution is 2.50. The number of pyridine rings is 1. The van der Waals surface area contributed by atoms with Crippen LogP contribution in [-0.4, -0.2) is 0 Å². The summed E-state index contributed by atoms with van der Waals surface area (Å²) in [6, 6.07) is 9.02. The number of hydrogen-bond acceptors (Lipinski definition) is 2. The molecule has 0 spiro atoms. The van der Waals surface area contributed by atoms with Crippen molar-refractivity contribution >= 4 is 32.3 Å². The molecule has 0 N–H and O–H groups in total. The summed E-state index contributed by atoms with van der Waals surface area (Å²) in [4.78, 5) is 0. The molecule has 1 aliphatic rings. The van der Waals surface area contributed by atoms with Crippen molar-refractivity contribution in [2.45, 2.75) is 41.0 Å². The zero-order valence-electron chi connectivity index (χ0n) is 17.4. The van der Waals surface area contributed by atoms with Crippen LogP contribution in [0.4, 0.5) is 0 Å². The average molecular weight is 389 g/mol. The van der Waals surface area contributed by atoms with E-state index in [1.807, 2.05) is 11.3 Å². The van der Waals surface area contributed by atoms with Gasteiger partial charge in [0.2, 0.25) is 11.3 Å². The van der Waals surface area contributed by atoms with Crippen molar-refractivity contribution in [3.63, 3.8) is 0 Å². The van der Waals surface area contributed by atoms with Gasteiger partial charge in [-0.05, 0) is 66.6 Å². The highest BCUT2D eigenvalue weighted by molar-refractivity contribution is 7.17. The number of fused-ring (bicyclic) bond motifs is 3. The highest BCUT2D eigenvalue weighted by Gasteiger charge is 2.35. The Balaban J connectivity index is 2.00. The standard InChI is InChI=1S/C25H26NOS/c1-13(2)9-18-24-23(26(6)19-7-8-28-25(18)19)21-16(5)15(4)12-17-10-14(3)11-20(27-24)22(17)21/h7-8,10-13H,9H2,1-6H3/q+1. The maximum atomic E-state index is 6.70. The number of ether oxygens (including phenoxy) is 1. The van der Waals surface area contributed by atoms with Gasteiger partial charge >= 0.3 is 0 Å². The van der Waals surface area contributed by atoms with Gasteiger partial charge in [0.1, 0.15) is 17.5 Å². The van der Waals surface area contributed by atoms with Crippen molar-refractivity contribution in [3.8, 4) is 22.8 Å². The lowest BCUT2D eigenvalue weighted by atomic mass is 9.88. The molecule has 0 amide bonds. The summed E-state index contributed by atoms with van der Waals surface area (Å²) < 4.78 is 10.4. The molecule has 0 fully saturated rings. The van der Waals surface area contributed by atoms with E-state index in [1.165, 1.54) is 54.5 Å². The van der Waals surface area contributed by atoms with Crippen LogP contribution in [0, 0.1) is 26.7 Å². The Labute approximate surface area is 170 Å². The van der Waals surface area contributed by atoms with E-state index in [0.717, 1.165) is 17.9 Å². The fraction of sp³-hybridized carbons (Fsp3) is 0.320. The van der Waals surface area contributed by atoms with Gasteiger partial charge in [-0.25, -0.2) is 0 Å². The second-order valence-corrected chi connectivity index (χ2v) is 9.52. The van der Waals surface area contributed by atoms with Crippen molar-refractivity contribution in [1.82, 2.24) is 0 Å². The van der Waals surface area contributed by atoms with Crippen molar-refractivity contribution in [2.75, 3.05) is 0 Å². The lowest BCUT2D eigenvalue weighted by molar-refractivity contribution is -0.633. The number of rotatable bonds is 2. The Morgan fingerprint density at radius 1 is 1.11 bits per heavy atom. The van der Waals surface area contributed by atoms with Gasteiger partial charge in [0.05, 0.1) is 5.56 Å². The maximum absolute atomic E-state index is 6.70. The summed E-state index contributed by atoms with van der Waals surface area (Å²) in [5, 5.41) is 4.73. The normalized spacial score (nSPS) is 12.7. The number of nitrogens with zero attached hydrogens (tertiary/aromatic N) is 1. The Morgan fingerprint density at radius 3 is 2.64 bits per heavy atom. The molecule has 3 heterocycles. The number of thiophene rings is 1. The first kappa shape index (κ1) is 17.7. The predicted octanol–water partition coefficient (Wildman–Crippen LogP) is 6.78. The van der Waals surface area contributed by atoms with Crippen molar-refractivity contribution < 1.29 is 9.30 Å². The van der Waals surface area contributed by atoms with Gasteiger partial charge < -0.3 is 4.74 Å². The molecule has 0 bridgehead atoms. The van der Waals surface area contributed by atoms with E-state index in [-0.39, 0.29) is 0 Å². The molecule has 5 rings (SSSR count). The van der Waals surface area contributed by atoms with E-state index in [2.05, 4.69) is 75.9 Å². The molecule has 2 nitrogen and oxygen atoms in total. The molecule has 0 unspecified atom stereocenters. The van der Waals surface area contributed by atoms with E-state index in [4.69, 9.17) is 4.74 Å². The summed E-state index contributed by atoms with van der Waals surface area (Å²) in [5.74, 6) is 2.63. The molecule has 2 aromatic carbocycles. The largest absolute Gasteiger partial charge is 0.449 e. The van der Waals surface area contributed by atoms with Crippen LogP contribution in [0.2, 0.25) is 0 Å². The molecule has 2 aromatic heterocycles. The smallest absolute Gasteiger partial charge is 0.257 e. The molecule has 0 saturated carbocycles. The van der Waals surface area contributed by atoms with E-state index < -0.39 is 0 Å². The first-order valence-corrected chi connectivity index (χ1v) is 10.9. The molecule has 28 heavy (non-hydrogen) atoms. The first-order valence-electron chi connectivity index (χ1n) is 10.0. The zero-order valence-corrected chi connectivity index (χ0v) is 18.3. The molecular weight excluding hydrogens is 362 g/mol. The van der Waals surface area contributed by atoms with Crippen molar-refractivity contribution in [2.24, 2.45) is 13.0 Å². The van der Waals surface area contributed by atoms with Crippen LogP contribution in [0.5, 0.6) is 11.5 Å². The lowest BCUT2D eigenvalue weighted by Crippen LogP contribution is -2.34. The Hall–Kier alpha value is -2.39. The van der Waals surface area contributed by atoms with Crippen LogP contribution in [0.25, 0.3) is 32.2 Å². The second kappa shape index (κ2) is 6.05. The molecule has 0 aliphatic carbocycles. The van der Waals surface area contributed by atoms with E-state index in [9.17, 15) is 0 Å². The highest BCUT2D eigenvalue weighted by atomic mass is 32.1. The average Bonchev–Trinajstić information content (AvgIpc) is 3.11. The minimum absolute atomic E-state index is 0.572. The zero-order chi connectivity index (χ0) is 19.7. The third-order valence-electron chi connectivity index (χ3n) is 6.03. The number of aromatic nitrogens is 1. The second-order valence-electron chi connectivity index (χ2n) is 8.60. The molecule has 3 heteroatoms. The topological polar surface area (TPSA) is 13.1 Å². The number of hydrogen-bond donors (Lipinski definition) is 0. The van der Waals surface area contributed by atoms with Gasteiger partial charge in [0.25, 0.3) is 5.69 Å². The fourth-order valence-corrected chi connectivity index (χ4v) is 5.65. The molecular formula is C25H26NOS+. The SMILES string of the molecule is Cc1cc2c3c(c(C)c(C)cc3c1)-c1c(c(CC(C)C)c3sccc3[n+]1C)O2. The third-order valence-corrected chi connectivity index (χ3v) is 6.99. The third kappa shape index (κ3) is 2.35. The van der Waals surface area contributed by atoms with E-state index in [1.54, 1.807) is 0 Å². The van der Waals surface area contributed by atoms with Crippen molar-refractivity contribution in [1.29, 1.82) is 0 Å². The molecule has 0 atom stereocenters. The minimum Gasteiger partial charge on any atom is -0.449 e. The van der Waals surface area contributed by atoms with E-state index in [0.29, 0.717) is 5.92 Å². The van der Waals surface area contributed by atoms with Crippen LogP contribution in [-0.2, 0) is 13.5 Å². The molecule has 4 aromatic rings. The Bertz CT molecular complexity index is 1280. The van der Waals surface area contributed by atoms with Gasteiger partial charge in [-0.15, -0.1) is 11.3 Å². The summed E-state index contributed by atoms with van der Waals surface area (Å²) in [6.45, 7) is 11.2. The van der Waals surface area contributed by atoms with Gasteiger partial charge in [0, 0.05) is 17.0 Å². The summed E-state index contributed by atoms with van der Waals surface area (Å²) in [7, 11) is 2.18. The summed E-state index contributed by atoms with van der Waals surface area (Å²) in [5.41, 5.74) is 9.15. The maximum Gasteiger partial charge on any atom is 0.257 e. The van der Waals surface area contributed by atoms with E-state index >= 15 is 0 Å². The lowest BCUT2D eigenvalue weighted by Gasteiger charge is -2.25. The van der Waals surface area contributed by atoms with Crippen LogP contribution in [0.15, 0.2) is 29.6 Å². The summed E-state index contributed by atoms with van der Waals surface area (Å²) in [6.07, 6.45) is 1.02. The monoisotopic (exact) mass is 388 g/mol. The molecule has 142 valence electrons. The molecule has 1 aliphatic heterocycles. The van der Waals surface area contributed by atoms with Crippen LogP contribution in [0.1, 0.15) is 36.1 Å². The molecule has 0 saturated heterocycles. The van der Waals surface area contributed by atoms with Gasteiger partial charge in [-0.1, -0.05) is 26.0 Å². The van der Waals surface area contributed by atoms with Crippen LogP contribution < -0.4 is 9.30 Å². The number of aryl methyl sites for hydroxylation is 3. The van der Waals surface area contributed by atoms with Crippen LogP contribution in [0.3, 0.4) is 0 Å². The predicted molar refractivity (Wildman–Crippen MR) is 119 cm³/mol. The fourth-order valence-electron chi connectivity index (χ4n) is 4.67. The Morgan fingerprint density at radius 2 is 1.89 bits per heavy atom. The minimum atomic E-state index is 0.572. The summed E-state index contributed by atoms with van der Waals surface area (Å²) >= 11 is 1.83. The number of benzene rings is 2. The van der Waals surface area contributed by atoms with Gasteiger partial charge in [0.15, 0.2) is 0 Å². The Kier molecular flexibility index (Phi) is 3.82. The first-order chi connectivity index (χ1) is 13.4. The van der Waals surface area contributed by atoms with Crippen molar-refractivity contribution in [3.05, 3.63) is 51.9 Å². The van der Waals surface area contributed by atoms with Gasteiger partial charge in [-0.3, -0.25) is 0 Å². The molecule has 0 radical (unpaired) electrons. The van der Waals surface area contributed by atoms with Crippen LogP contribution >= 0.6 is 11.3 Å². The quantitative estimate of drug-likeness (QED) is 0.304.